The number of carbonyl (C=O) groups excluding carboxylic acids is 2. The van der Waals surface area contributed by atoms with Gasteiger partial charge in [0.25, 0.3) is 5.91 Å². The van der Waals surface area contributed by atoms with Crippen LogP contribution in [-0.4, -0.2) is 46.1 Å². The lowest BCUT2D eigenvalue weighted by atomic mass is 9.91. The predicted molar refractivity (Wildman–Crippen MR) is 146 cm³/mol. The van der Waals surface area contributed by atoms with E-state index in [1.165, 1.54) is 0 Å². The van der Waals surface area contributed by atoms with Crippen molar-refractivity contribution in [1.82, 2.24) is 25.9 Å². The van der Waals surface area contributed by atoms with E-state index in [9.17, 15) is 9.59 Å². The molecule has 2 aromatic heterocycles. The highest BCUT2D eigenvalue weighted by molar-refractivity contribution is 7.16. The van der Waals surface area contributed by atoms with E-state index in [-0.39, 0.29) is 36.1 Å². The molecule has 4 rings (SSSR count). The topological polar surface area (TPSA) is 120 Å². The molecule has 0 aliphatic heterocycles. The zero-order chi connectivity index (χ0) is 25.7. The predicted octanol–water partition coefficient (Wildman–Crippen LogP) is 5.00. The highest BCUT2D eigenvalue weighted by atomic mass is 32.1. The summed E-state index contributed by atoms with van der Waals surface area (Å²) in [5.41, 5.74) is 4.97. The van der Waals surface area contributed by atoms with Gasteiger partial charge in [0, 0.05) is 42.1 Å². The minimum Gasteiger partial charge on any atom is -0.382 e. The van der Waals surface area contributed by atoms with Gasteiger partial charge in [-0.3, -0.25) is 4.79 Å². The minimum atomic E-state index is -0.141. The van der Waals surface area contributed by atoms with Crippen LogP contribution < -0.4 is 26.6 Å². The summed E-state index contributed by atoms with van der Waals surface area (Å²) in [6.45, 7) is 7.95. The lowest BCUT2D eigenvalue weighted by Gasteiger charge is -2.30. The number of thiazole rings is 1. The number of urea groups is 1. The Morgan fingerprint density at radius 3 is 2.36 bits per heavy atom. The second-order valence-corrected chi connectivity index (χ2v) is 10.8. The number of rotatable bonds is 8. The van der Waals surface area contributed by atoms with Crippen LogP contribution in [0.15, 0.2) is 36.0 Å². The summed E-state index contributed by atoms with van der Waals surface area (Å²) >= 11 is 1.59. The molecule has 5 N–H and O–H groups in total. The maximum atomic E-state index is 13.2. The van der Waals surface area contributed by atoms with Crippen molar-refractivity contribution in [1.29, 1.82) is 0 Å². The molecule has 3 aromatic rings. The van der Waals surface area contributed by atoms with E-state index in [1.54, 1.807) is 17.5 Å². The third-order valence-corrected chi connectivity index (χ3v) is 6.81. The average Bonchev–Trinajstić information content (AvgIpc) is 3.27. The zero-order valence-electron chi connectivity index (χ0n) is 21.2. The van der Waals surface area contributed by atoms with Gasteiger partial charge in [0.1, 0.15) is 5.82 Å². The van der Waals surface area contributed by atoms with Crippen LogP contribution in [0, 0.1) is 0 Å². The van der Waals surface area contributed by atoms with E-state index >= 15 is 0 Å². The first-order chi connectivity index (χ1) is 17.3. The Balaban J connectivity index is 1.39. The molecule has 1 aliphatic carbocycles. The fourth-order valence-corrected chi connectivity index (χ4v) is 5.07. The molecular weight excluding hydrogens is 474 g/mol. The van der Waals surface area contributed by atoms with Gasteiger partial charge in [0.2, 0.25) is 0 Å². The van der Waals surface area contributed by atoms with Gasteiger partial charge in [-0.05, 0) is 71.6 Å². The van der Waals surface area contributed by atoms with Crippen LogP contribution in [0.1, 0.15) is 63.7 Å². The number of hydrogen-bond acceptors (Lipinski definition) is 7. The number of fused-ring (bicyclic) bond motifs is 1. The van der Waals surface area contributed by atoms with E-state index in [1.807, 2.05) is 57.5 Å². The molecule has 0 unspecified atom stereocenters. The van der Waals surface area contributed by atoms with Gasteiger partial charge in [-0.1, -0.05) is 0 Å². The van der Waals surface area contributed by atoms with Gasteiger partial charge in [-0.25, -0.2) is 14.8 Å². The number of anilines is 3. The highest BCUT2D eigenvalue weighted by Crippen LogP contribution is 2.27. The van der Waals surface area contributed by atoms with Crippen molar-refractivity contribution in [2.75, 3.05) is 10.6 Å². The van der Waals surface area contributed by atoms with Crippen LogP contribution in [0.3, 0.4) is 0 Å². The molecule has 0 bridgehead atoms. The van der Waals surface area contributed by atoms with Gasteiger partial charge in [-0.15, -0.1) is 11.3 Å². The Labute approximate surface area is 215 Å². The molecule has 3 amide bonds. The van der Waals surface area contributed by atoms with Crippen LogP contribution in [0.2, 0.25) is 0 Å². The molecule has 1 aliphatic rings. The van der Waals surface area contributed by atoms with Crippen molar-refractivity contribution in [2.45, 2.75) is 77.5 Å². The molecule has 9 nitrogen and oxygen atoms in total. The summed E-state index contributed by atoms with van der Waals surface area (Å²) in [5.74, 6) is 0.516. The van der Waals surface area contributed by atoms with Crippen molar-refractivity contribution in [3.8, 4) is 0 Å². The third kappa shape index (κ3) is 6.84. The van der Waals surface area contributed by atoms with Crippen molar-refractivity contribution in [3.05, 3.63) is 41.5 Å². The Kier molecular flexibility index (Phi) is 8.25. The number of carbonyl (C=O) groups is 2. The SMILES string of the molecule is CC(C)NC(=O)NC1CCC(NC(=O)c2cnc(Nc3ccc4ncsc4c3)cc2NC(C)C)CC1. The molecular formula is C26H35N7O2S. The first-order valence-corrected chi connectivity index (χ1v) is 13.4. The first-order valence-electron chi connectivity index (χ1n) is 12.5. The monoisotopic (exact) mass is 509 g/mol. The Bertz CT molecular complexity index is 1200. The molecule has 2 heterocycles. The molecule has 0 radical (unpaired) electrons. The summed E-state index contributed by atoms with van der Waals surface area (Å²) < 4.78 is 1.10. The smallest absolute Gasteiger partial charge is 0.315 e. The van der Waals surface area contributed by atoms with Gasteiger partial charge in [0.05, 0.1) is 27.0 Å². The molecule has 1 aromatic carbocycles. The molecule has 10 heteroatoms. The zero-order valence-corrected chi connectivity index (χ0v) is 22.0. The maximum absolute atomic E-state index is 13.2. The number of pyridine rings is 1. The van der Waals surface area contributed by atoms with Crippen LogP contribution >= 0.6 is 11.3 Å². The normalized spacial score (nSPS) is 17.7. The van der Waals surface area contributed by atoms with Crippen molar-refractivity contribution < 1.29 is 9.59 Å². The lowest BCUT2D eigenvalue weighted by molar-refractivity contribution is 0.0924. The Hall–Kier alpha value is -3.40. The van der Waals surface area contributed by atoms with Crippen molar-refractivity contribution >= 4 is 50.7 Å². The summed E-state index contributed by atoms with van der Waals surface area (Å²) in [7, 11) is 0. The maximum Gasteiger partial charge on any atom is 0.315 e. The third-order valence-electron chi connectivity index (χ3n) is 6.01. The molecule has 1 fully saturated rings. The van der Waals surface area contributed by atoms with Gasteiger partial charge in [-0.2, -0.15) is 0 Å². The van der Waals surface area contributed by atoms with Crippen LogP contribution in [0.25, 0.3) is 10.2 Å². The number of nitrogens with one attached hydrogen (secondary N) is 5. The lowest BCUT2D eigenvalue weighted by Crippen LogP contribution is -2.48. The summed E-state index contributed by atoms with van der Waals surface area (Å²) in [4.78, 5) is 34.0. The summed E-state index contributed by atoms with van der Waals surface area (Å²) in [6, 6.07) is 8.19. The van der Waals surface area contributed by atoms with Crippen LogP contribution in [0.5, 0.6) is 0 Å². The van der Waals surface area contributed by atoms with Crippen molar-refractivity contribution in [3.63, 3.8) is 0 Å². The van der Waals surface area contributed by atoms with Gasteiger partial charge < -0.3 is 26.6 Å². The molecule has 1 saturated carbocycles. The Morgan fingerprint density at radius 1 is 0.944 bits per heavy atom. The molecule has 0 saturated heterocycles. The summed E-state index contributed by atoms with van der Waals surface area (Å²) in [5, 5.41) is 15.8. The second kappa shape index (κ2) is 11.6. The molecule has 36 heavy (non-hydrogen) atoms. The number of aromatic nitrogens is 2. The van der Waals surface area contributed by atoms with Crippen LogP contribution in [-0.2, 0) is 0 Å². The number of amides is 3. The molecule has 192 valence electrons. The Morgan fingerprint density at radius 2 is 1.67 bits per heavy atom. The largest absolute Gasteiger partial charge is 0.382 e. The minimum absolute atomic E-state index is 0.0690. The van der Waals surface area contributed by atoms with E-state index in [4.69, 9.17) is 0 Å². The van der Waals surface area contributed by atoms with Crippen molar-refractivity contribution in [2.24, 2.45) is 0 Å². The summed E-state index contributed by atoms with van der Waals surface area (Å²) in [6.07, 6.45) is 4.92. The van der Waals surface area contributed by atoms with E-state index in [0.29, 0.717) is 11.4 Å². The molecule has 0 atom stereocenters. The highest BCUT2D eigenvalue weighted by Gasteiger charge is 2.25. The standard InChI is InChI=1S/C26H35N7O2S/c1-15(2)29-22-12-24(31-19-9-10-21-23(11-19)36-14-28-21)27-13-20(22)25(34)32-17-5-7-18(8-6-17)33-26(35)30-16(3)4/h9-18H,5-8H2,1-4H3,(H,32,34)(H2,27,29,31)(H2,30,33,35). The van der Waals surface area contributed by atoms with E-state index in [2.05, 4.69) is 36.6 Å². The van der Waals surface area contributed by atoms with E-state index < -0.39 is 0 Å². The van der Waals surface area contributed by atoms with Crippen LogP contribution in [0.4, 0.5) is 22.0 Å². The first kappa shape index (κ1) is 25.7. The van der Waals surface area contributed by atoms with E-state index in [0.717, 1.165) is 47.3 Å². The average molecular weight is 510 g/mol. The number of nitrogens with zero attached hydrogens (tertiary/aromatic N) is 2. The fourth-order valence-electron chi connectivity index (χ4n) is 4.35. The molecule has 0 spiro atoms. The number of hydrogen-bond donors (Lipinski definition) is 5. The second-order valence-electron chi connectivity index (χ2n) is 9.87. The van der Waals surface area contributed by atoms with Gasteiger partial charge >= 0.3 is 6.03 Å². The van der Waals surface area contributed by atoms with Gasteiger partial charge in [0.15, 0.2) is 0 Å². The fraction of sp³-hybridized carbons (Fsp3) is 0.462. The number of benzene rings is 1. The quantitative estimate of drug-likeness (QED) is 0.291.